The smallest absolute Gasteiger partial charge is 0.274 e. The van der Waals surface area contributed by atoms with Crippen molar-refractivity contribution in [3.05, 3.63) is 36.0 Å². The molecule has 35 heavy (non-hydrogen) atoms. The first kappa shape index (κ1) is 24.7. The molecule has 1 aromatic carbocycles. The summed E-state index contributed by atoms with van der Waals surface area (Å²) >= 11 is 0. The van der Waals surface area contributed by atoms with E-state index < -0.39 is 0 Å². The number of carbonyl (C=O) groups is 2. The van der Waals surface area contributed by atoms with E-state index in [1.807, 2.05) is 60.1 Å². The predicted octanol–water partition coefficient (Wildman–Crippen LogP) is 2.08. The van der Waals surface area contributed by atoms with Crippen molar-refractivity contribution in [1.29, 1.82) is 0 Å². The zero-order valence-electron chi connectivity index (χ0n) is 20.9. The Morgan fingerprint density at radius 1 is 1.00 bits per heavy atom. The molecular weight excluding hydrogens is 446 g/mol. The van der Waals surface area contributed by atoms with Crippen LogP contribution in [-0.4, -0.2) is 93.8 Å². The van der Waals surface area contributed by atoms with Crippen LogP contribution in [0.25, 0.3) is 0 Å². The van der Waals surface area contributed by atoms with Gasteiger partial charge in [-0.05, 0) is 37.5 Å². The minimum Gasteiger partial charge on any atom is -0.378 e. The Balaban J connectivity index is 1.57. The predicted molar refractivity (Wildman–Crippen MR) is 137 cm³/mol. The summed E-state index contributed by atoms with van der Waals surface area (Å²) in [5.74, 6) is 0.759. The number of hydrogen-bond acceptors (Lipinski definition) is 8. The number of ether oxygens (including phenoxy) is 1. The first-order valence-electron chi connectivity index (χ1n) is 12.2. The highest BCUT2D eigenvalue weighted by Crippen LogP contribution is 2.21. The number of hydrogen-bond donors (Lipinski definition) is 1. The molecule has 3 heterocycles. The summed E-state index contributed by atoms with van der Waals surface area (Å²) in [4.78, 5) is 43.1. The van der Waals surface area contributed by atoms with Crippen molar-refractivity contribution < 1.29 is 14.3 Å². The van der Waals surface area contributed by atoms with Crippen LogP contribution < -0.4 is 20.0 Å². The number of nitrogens with one attached hydrogen (secondary N) is 1. The van der Waals surface area contributed by atoms with E-state index in [9.17, 15) is 9.59 Å². The van der Waals surface area contributed by atoms with Gasteiger partial charge in [0.25, 0.3) is 5.91 Å². The number of morpholine rings is 1. The molecule has 10 nitrogen and oxygen atoms in total. The second-order valence-electron chi connectivity index (χ2n) is 9.21. The summed E-state index contributed by atoms with van der Waals surface area (Å²) in [5, 5.41) is 2.95. The lowest BCUT2D eigenvalue weighted by atomic mass is 10.1. The second-order valence-corrected chi connectivity index (χ2v) is 9.21. The van der Waals surface area contributed by atoms with Gasteiger partial charge in [-0.25, -0.2) is 4.98 Å². The van der Waals surface area contributed by atoms with Gasteiger partial charge in [-0.1, -0.05) is 6.07 Å². The van der Waals surface area contributed by atoms with Crippen LogP contribution in [0, 0.1) is 0 Å². The summed E-state index contributed by atoms with van der Waals surface area (Å²) in [6.07, 6.45) is 3.26. The summed E-state index contributed by atoms with van der Waals surface area (Å²) < 4.78 is 5.46. The van der Waals surface area contributed by atoms with Crippen molar-refractivity contribution in [2.24, 2.45) is 0 Å². The third kappa shape index (κ3) is 6.39. The SMILES string of the molecule is CN(C)c1cccc(NC(=O)c2cc(N(C)CC(=O)N3CCCCC3)nc(N3CCOCC3)n2)c1. The molecule has 2 aliphatic heterocycles. The Labute approximate surface area is 206 Å². The number of piperidine rings is 1. The van der Waals surface area contributed by atoms with Crippen LogP contribution in [-0.2, 0) is 9.53 Å². The van der Waals surface area contributed by atoms with Crippen LogP contribution >= 0.6 is 0 Å². The molecule has 0 atom stereocenters. The average Bonchev–Trinajstić information content (AvgIpc) is 2.89. The zero-order valence-corrected chi connectivity index (χ0v) is 20.9. The van der Waals surface area contributed by atoms with Crippen LogP contribution in [0.4, 0.5) is 23.1 Å². The molecule has 2 amide bonds. The molecule has 10 heteroatoms. The quantitative estimate of drug-likeness (QED) is 0.643. The number of nitrogens with zero attached hydrogens (tertiary/aromatic N) is 6. The van der Waals surface area contributed by atoms with E-state index in [2.05, 4.69) is 10.3 Å². The summed E-state index contributed by atoms with van der Waals surface area (Å²) in [7, 11) is 5.73. The highest BCUT2D eigenvalue weighted by Gasteiger charge is 2.22. The zero-order chi connectivity index (χ0) is 24.8. The first-order valence-corrected chi connectivity index (χ1v) is 12.2. The molecule has 0 saturated carbocycles. The molecule has 0 radical (unpaired) electrons. The molecule has 188 valence electrons. The largest absolute Gasteiger partial charge is 0.378 e. The highest BCUT2D eigenvalue weighted by atomic mass is 16.5. The molecule has 0 bridgehead atoms. The van der Waals surface area contributed by atoms with E-state index >= 15 is 0 Å². The normalized spacial score (nSPS) is 16.1. The van der Waals surface area contributed by atoms with Gasteiger partial charge >= 0.3 is 0 Å². The van der Waals surface area contributed by atoms with Gasteiger partial charge < -0.3 is 29.7 Å². The molecule has 0 aliphatic carbocycles. The molecule has 2 saturated heterocycles. The van der Waals surface area contributed by atoms with Crippen molar-refractivity contribution in [2.75, 3.05) is 87.1 Å². The number of amides is 2. The lowest BCUT2D eigenvalue weighted by Gasteiger charge is -2.30. The van der Waals surface area contributed by atoms with E-state index in [1.165, 1.54) is 6.42 Å². The average molecular weight is 482 g/mol. The Hall–Kier alpha value is -3.40. The van der Waals surface area contributed by atoms with E-state index in [0.717, 1.165) is 31.6 Å². The Morgan fingerprint density at radius 3 is 2.46 bits per heavy atom. The van der Waals surface area contributed by atoms with Crippen LogP contribution in [0.2, 0.25) is 0 Å². The van der Waals surface area contributed by atoms with Gasteiger partial charge in [0.15, 0.2) is 0 Å². The van der Waals surface area contributed by atoms with E-state index in [0.29, 0.717) is 43.8 Å². The number of aromatic nitrogens is 2. The Morgan fingerprint density at radius 2 is 1.74 bits per heavy atom. The van der Waals surface area contributed by atoms with Gasteiger partial charge in [-0.3, -0.25) is 9.59 Å². The topological polar surface area (TPSA) is 94.1 Å². The molecule has 0 spiro atoms. The standard InChI is InChI=1S/C25H35N7O3/c1-29(2)20-9-7-8-19(16-20)26-24(34)21-17-22(28-25(27-21)32-12-14-35-15-13-32)30(3)18-23(33)31-10-5-4-6-11-31/h7-9,16-17H,4-6,10-15,18H2,1-3H3,(H,26,34). The fraction of sp³-hybridized carbons (Fsp3) is 0.520. The summed E-state index contributed by atoms with van der Waals surface area (Å²) in [6.45, 7) is 4.25. The van der Waals surface area contributed by atoms with Crippen LogP contribution in [0.3, 0.4) is 0 Å². The minimum atomic E-state index is -0.324. The van der Waals surface area contributed by atoms with Crippen LogP contribution in [0.1, 0.15) is 29.8 Å². The third-order valence-corrected chi connectivity index (χ3v) is 6.32. The van der Waals surface area contributed by atoms with Crippen molar-refractivity contribution in [3.63, 3.8) is 0 Å². The van der Waals surface area contributed by atoms with Gasteiger partial charge in [-0.2, -0.15) is 4.98 Å². The number of likely N-dealkylation sites (tertiary alicyclic amines) is 1. The molecule has 4 rings (SSSR count). The van der Waals surface area contributed by atoms with E-state index in [-0.39, 0.29) is 24.1 Å². The number of benzene rings is 1. The van der Waals surface area contributed by atoms with Crippen LogP contribution in [0.15, 0.2) is 30.3 Å². The number of rotatable bonds is 7. The monoisotopic (exact) mass is 481 g/mol. The first-order chi connectivity index (χ1) is 16.9. The van der Waals surface area contributed by atoms with Gasteiger partial charge in [0.05, 0.1) is 19.8 Å². The second kappa shape index (κ2) is 11.4. The molecule has 0 unspecified atom stereocenters. The molecule has 1 N–H and O–H groups in total. The number of anilines is 4. The lowest BCUT2D eigenvalue weighted by Crippen LogP contribution is -2.42. The van der Waals surface area contributed by atoms with Gasteiger partial charge in [0, 0.05) is 64.8 Å². The molecule has 1 aromatic heterocycles. The molecular formula is C25H35N7O3. The minimum absolute atomic E-state index is 0.0743. The summed E-state index contributed by atoms with van der Waals surface area (Å²) in [6, 6.07) is 9.28. The Bertz CT molecular complexity index is 1030. The van der Waals surface area contributed by atoms with Crippen molar-refractivity contribution in [1.82, 2.24) is 14.9 Å². The lowest BCUT2D eigenvalue weighted by molar-refractivity contribution is -0.130. The maximum absolute atomic E-state index is 13.2. The molecule has 2 aromatic rings. The molecule has 2 aliphatic rings. The van der Waals surface area contributed by atoms with Crippen molar-refractivity contribution >= 4 is 35.0 Å². The van der Waals surface area contributed by atoms with Gasteiger partial charge in [0.1, 0.15) is 11.5 Å². The maximum atomic E-state index is 13.2. The molecule has 2 fully saturated rings. The van der Waals surface area contributed by atoms with E-state index in [1.54, 1.807) is 11.0 Å². The Kier molecular flexibility index (Phi) is 8.02. The number of carbonyl (C=O) groups excluding carboxylic acids is 2. The fourth-order valence-electron chi connectivity index (χ4n) is 4.22. The maximum Gasteiger partial charge on any atom is 0.274 e. The summed E-state index contributed by atoms with van der Waals surface area (Å²) in [5.41, 5.74) is 1.92. The van der Waals surface area contributed by atoms with Gasteiger partial charge in [0.2, 0.25) is 11.9 Å². The van der Waals surface area contributed by atoms with Crippen molar-refractivity contribution in [2.45, 2.75) is 19.3 Å². The van der Waals surface area contributed by atoms with Crippen LogP contribution in [0.5, 0.6) is 0 Å². The third-order valence-electron chi connectivity index (χ3n) is 6.32. The highest BCUT2D eigenvalue weighted by molar-refractivity contribution is 6.03. The van der Waals surface area contributed by atoms with Gasteiger partial charge in [-0.15, -0.1) is 0 Å². The van der Waals surface area contributed by atoms with Crippen molar-refractivity contribution in [3.8, 4) is 0 Å². The number of likely N-dealkylation sites (N-methyl/N-ethyl adjacent to an activating group) is 1. The van der Waals surface area contributed by atoms with E-state index in [4.69, 9.17) is 9.72 Å². The fourth-order valence-corrected chi connectivity index (χ4v) is 4.22.